The number of sulfonamides is 1. The summed E-state index contributed by atoms with van der Waals surface area (Å²) in [4.78, 5) is 25.3. The summed E-state index contributed by atoms with van der Waals surface area (Å²) >= 11 is 0. The lowest BCUT2D eigenvalue weighted by molar-refractivity contribution is -0.114. The van der Waals surface area contributed by atoms with Crippen molar-refractivity contribution in [2.45, 2.75) is 18.7 Å². The number of ether oxygens (including phenoxy) is 2. The summed E-state index contributed by atoms with van der Waals surface area (Å²) in [5.74, 6) is -0.936. The Balaban J connectivity index is 1.74. The van der Waals surface area contributed by atoms with Crippen LogP contribution in [0.25, 0.3) is 10.8 Å². The smallest absolute Gasteiger partial charge is 0.341 e. The van der Waals surface area contributed by atoms with Crippen LogP contribution in [0, 0.1) is 13.8 Å². The number of benzene rings is 4. The van der Waals surface area contributed by atoms with Crippen LogP contribution in [-0.2, 0) is 19.6 Å². The van der Waals surface area contributed by atoms with E-state index in [-0.39, 0.29) is 16.2 Å². The second-order valence-corrected chi connectivity index (χ2v) is 10.5. The lowest BCUT2D eigenvalue weighted by atomic mass is 10.1. The van der Waals surface area contributed by atoms with E-state index in [1.54, 1.807) is 36.4 Å². The van der Waals surface area contributed by atoms with Crippen molar-refractivity contribution in [3.05, 3.63) is 95.6 Å². The van der Waals surface area contributed by atoms with E-state index in [0.29, 0.717) is 16.8 Å². The van der Waals surface area contributed by atoms with Crippen LogP contribution in [0.2, 0.25) is 0 Å². The first-order chi connectivity index (χ1) is 18.2. The minimum absolute atomic E-state index is 0.105. The summed E-state index contributed by atoms with van der Waals surface area (Å²) in [6, 6.07) is 22.1. The molecule has 0 aliphatic rings. The van der Waals surface area contributed by atoms with Crippen LogP contribution in [0.3, 0.4) is 0 Å². The molecule has 0 bridgehead atoms. The number of hydrogen-bond donors (Lipinski definition) is 1. The van der Waals surface area contributed by atoms with Crippen molar-refractivity contribution in [2.24, 2.45) is 0 Å². The van der Waals surface area contributed by atoms with Gasteiger partial charge < -0.3 is 14.8 Å². The molecule has 4 aromatic carbocycles. The second-order valence-electron chi connectivity index (χ2n) is 8.66. The molecule has 8 nitrogen and oxygen atoms in total. The van der Waals surface area contributed by atoms with Gasteiger partial charge >= 0.3 is 5.97 Å². The largest absolute Gasteiger partial charge is 0.496 e. The molecule has 0 fully saturated rings. The standard InChI is InChI=1S/C29H28N2O6S/c1-19-9-7-13-25(20(19)2)31(38(34,35)27-14-8-11-21-10-5-6-12-23(21)27)18-28(32)30-22-15-16-24(29(33)37-4)26(17-22)36-3/h5-17H,18H2,1-4H3,(H,30,32). The van der Waals surface area contributed by atoms with Gasteiger partial charge in [-0.25, -0.2) is 13.2 Å². The van der Waals surface area contributed by atoms with Gasteiger partial charge in [-0.1, -0.05) is 48.5 Å². The van der Waals surface area contributed by atoms with Gasteiger partial charge in [0.15, 0.2) is 0 Å². The summed E-state index contributed by atoms with van der Waals surface area (Å²) in [5, 5.41) is 4.06. The minimum Gasteiger partial charge on any atom is -0.496 e. The number of carbonyl (C=O) groups is 2. The molecule has 9 heteroatoms. The fraction of sp³-hybridized carbons (Fsp3) is 0.172. The van der Waals surface area contributed by atoms with E-state index < -0.39 is 28.4 Å². The number of anilines is 2. The third-order valence-electron chi connectivity index (χ3n) is 6.34. The Morgan fingerprint density at radius 2 is 1.61 bits per heavy atom. The number of nitrogens with zero attached hydrogens (tertiary/aromatic N) is 1. The molecular weight excluding hydrogens is 504 g/mol. The van der Waals surface area contributed by atoms with E-state index in [1.807, 2.05) is 38.1 Å². The molecule has 0 saturated heterocycles. The van der Waals surface area contributed by atoms with E-state index in [1.165, 1.54) is 32.4 Å². The zero-order valence-electron chi connectivity index (χ0n) is 21.5. The molecule has 0 spiro atoms. The van der Waals surface area contributed by atoms with Gasteiger partial charge in [-0.3, -0.25) is 9.10 Å². The molecule has 0 radical (unpaired) electrons. The first-order valence-electron chi connectivity index (χ1n) is 11.8. The molecule has 1 N–H and O–H groups in total. The lowest BCUT2D eigenvalue weighted by Crippen LogP contribution is -2.38. The monoisotopic (exact) mass is 532 g/mol. The molecule has 4 rings (SSSR count). The van der Waals surface area contributed by atoms with Crippen molar-refractivity contribution in [2.75, 3.05) is 30.4 Å². The molecule has 0 atom stereocenters. The number of methoxy groups -OCH3 is 2. The highest BCUT2D eigenvalue weighted by Crippen LogP contribution is 2.32. The predicted molar refractivity (Wildman–Crippen MR) is 147 cm³/mol. The highest BCUT2D eigenvalue weighted by molar-refractivity contribution is 7.93. The molecule has 0 aliphatic carbocycles. The first kappa shape index (κ1) is 26.7. The Morgan fingerprint density at radius 3 is 2.34 bits per heavy atom. The van der Waals surface area contributed by atoms with Gasteiger partial charge in [0.05, 0.1) is 24.8 Å². The zero-order valence-corrected chi connectivity index (χ0v) is 22.3. The molecule has 1 amide bonds. The summed E-state index contributed by atoms with van der Waals surface area (Å²) in [6.07, 6.45) is 0. The quantitative estimate of drug-likeness (QED) is 0.317. The second kappa shape index (κ2) is 10.9. The van der Waals surface area contributed by atoms with Crippen LogP contribution in [0.15, 0.2) is 83.8 Å². The number of hydrogen-bond acceptors (Lipinski definition) is 6. The number of fused-ring (bicyclic) bond motifs is 1. The van der Waals surface area contributed by atoms with Gasteiger partial charge in [0.1, 0.15) is 17.9 Å². The fourth-order valence-corrected chi connectivity index (χ4v) is 5.92. The van der Waals surface area contributed by atoms with Crippen molar-refractivity contribution >= 4 is 44.0 Å². The third-order valence-corrected chi connectivity index (χ3v) is 8.16. The summed E-state index contributed by atoms with van der Waals surface area (Å²) in [6.45, 7) is 3.23. The fourth-order valence-electron chi connectivity index (χ4n) is 4.22. The van der Waals surface area contributed by atoms with Crippen molar-refractivity contribution in [3.63, 3.8) is 0 Å². The lowest BCUT2D eigenvalue weighted by Gasteiger charge is -2.27. The van der Waals surface area contributed by atoms with Crippen LogP contribution < -0.4 is 14.4 Å². The van der Waals surface area contributed by atoms with Gasteiger partial charge in [0.2, 0.25) is 5.91 Å². The molecule has 0 saturated carbocycles. The number of amides is 1. The maximum Gasteiger partial charge on any atom is 0.341 e. The SMILES string of the molecule is COC(=O)c1ccc(NC(=O)CN(c2cccc(C)c2C)S(=O)(=O)c2cccc3ccccc23)cc1OC. The third kappa shape index (κ3) is 5.19. The Kier molecular flexibility index (Phi) is 7.68. The van der Waals surface area contributed by atoms with Crippen molar-refractivity contribution in [1.29, 1.82) is 0 Å². The molecule has 196 valence electrons. The maximum absolute atomic E-state index is 14.1. The summed E-state index contributed by atoms with van der Waals surface area (Å²) < 4.78 is 39.4. The van der Waals surface area contributed by atoms with E-state index in [4.69, 9.17) is 9.47 Å². The van der Waals surface area contributed by atoms with Crippen LogP contribution in [0.1, 0.15) is 21.5 Å². The molecule has 38 heavy (non-hydrogen) atoms. The van der Waals surface area contributed by atoms with Gasteiger partial charge in [0, 0.05) is 17.1 Å². The van der Waals surface area contributed by atoms with Crippen LogP contribution in [-0.4, -0.2) is 41.1 Å². The topological polar surface area (TPSA) is 102 Å². The average molecular weight is 533 g/mol. The molecule has 4 aromatic rings. The van der Waals surface area contributed by atoms with Gasteiger partial charge in [-0.2, -0.15) is 0 Å². The number of rotatable bonds is 8. The molecule has 0 unspecified atom stereocenters. The van der Waals surface area contributed by atoms with Crippen LogP contribution in [0.4, 0.5) is 11.4 Å². The predicted octanol–water partition coefficient (Wildman–Crippen LogP) is 5.09. The van der Waals surface area contributed by atoms with Crippen molar-refractivity contribution in [3.8, 4) is 5.75 Å². The summed E-state index contributed by atoms with van der Waals surface area (Å²) in [5.41, 5.74) is 2.58. The normalized spacial score (nSPS) is 11.2. The Morgan fingerprint density at radius 1 is 0.895 bits per heavy atom. The number of nitrogens with one attached hydrogen (secondary N) is 1. The van der Waals surface area contributed by atoms with Gasteiger partial charge in [-0.15, -0.1) is 0 Å². The Labute approximate surface area is 221 Å². The number of esters is 1. The highest BCUT2D eigenvalue weighted by Gasteiger charge is 2.30. The van der Waals surface area contributed by atoms with Crippen molar-refractivity contribution in [1.82, 2.24) is 0 Å². The Hall–Kier alpha value is -4.37. The van der Waals surface area contributed by atoms with Crippen LogP contribution >= 0.6 is 0 Å². The van der Waals surface area contributed by atoms with Gasteiger partial charge in [-0.05, 0) is 54.6 Å². The highest BCUT2D eigenvalue weighted by atomic mass is 32.2. The van der Waals surface area contributed by atoms with E-state index in [0.717, 1.165) is 20.8 Å². The molecule has 0 aliphatic heterocycles. The first-order valence-corrected chi connectivity index (χ1v) is 13.2. The molecule has 0 heterocycles. The molecule has 0 aromatic heterocycles. The van der Waals surface area contributed by atoms with E-state index in [2.05, 4.69) is 5.32 Å². The van der Waals surface area contributed by atoms with E-state index in [9.17, 15) is 18.0 Å². The molecular formula is C29H28N2O6S. The van der Waals surface area contributed by atoms with Gasteiger partial charge in [0.25, 0.3) is 10.0 Å². The number of carbonyl (C=O) groups excluding carboxylic acids is 2. The Bertz CT molecular complexity index is 1630. The van der Waals surface area contributed by atoms with Crippen molar-refractivity contribution < 1.29 is 27.5 Å². The number of aryl methyl sites for hydroxylation is 1. The average Bonchev–Trinajstić information content (AvgIpc) is 2.92. The van der Waals surface area contributed by atoms with E-state index >= 15 is 0 Å². The maximum atomic E-state index is 14.1. The van der Waals surface area contributed by atoms with Crippen LogP contribution in [0.5, 0.6) is 5.75 Å². The minimum atomic E-state index is -4.15. The summed E-state index contributed by atoms with van der Waals surface area (Å²) in [7, 11) is -1.50. The zero-order chi connectivity index (χ0) is 27.4.